The normalized spacial score (nSPS) is 9.95. The number of rotatable bonds is 3. The van der Waals surface area contributed by atoms with Crippen LogP contribution in [-0.2, 0) is 6.42 Å². The second-order valence-corrected chi connectivity index (χ2v) is 5.77. The minimum absolute atomic E-state index is 0.307. The number of nitrogen functional groups attached to an aromatic ring is 1. The molecule has 0 aliphatic carbocycles. The van der Waals surface area contributed by atoms with E-state index in [1.165, 1.54) is 0 Å². The highest BCUT2D eigenvalue weighted by Crippen LogP contribution is 2.30. The van der Waals surface area contributed by atoms with Crippen LogP contribution in [0.5, 0.6) is 0 Å². The second-order valence-electron chi connectivity index (χ2n) is 4.00. The van der Waals surface area contributed by atoms with E-state index in [0.717, 1.165) is 25.9 Å². The smallest absolute Gasteiger partial charge is 0.0670 e. The molecule has 0 aliphatic heterocycles. The van der Waals surface area contributed by atoms with Gasteiger partial charge in [-0.3, -0.25) is 0 Å². The summed E-state index contributed by atoms with van der Waals surface area (Å²) in [6.07, 6.45) is 0.307. The topological polar surface area (TPSA) is 61.8 Å². The van der Waals surface area contributed by atoms with Gasteiger partial charge in [0.25, 0.3) is 0 Å². The largest absolute Gasteiger partial charge is 0.398 e. The van der Waals surface area contributed by atoms with Crippen molar-refractivity contribution in [2.24, 2.45) is 0 Å². The van der Waals surface area contributed by atoms with Crippen LogP contribution in [0.3, 0.4) is 0 Å². The number of nitrogens with two attached hydrogens (primary N) is 1. The second kappa shape index (κ2) is 6.09. The zero-order valence-corrected chi connectivity index (χ0v) is 13.1. The maximum absolute atomic E-state index is 8.77. The fraction of sp³-hybridized carbons (Fsp3) is 0.0714. The van der Waals surface area contributed by atoms with Gasteiger partial charge in [0.15, 0.2) is 0 Å². The summed E-state index contributed by atoms with van der Waals surface area (Å²) in [6, 6.07) is 13.6. The van der Waals surface area contributed by atoms with Gasteiger partial charge in [0.2, 0.25) is 0 Å². The Kier molecular flexibility index (Phi) is 4.46. The van der Waals surface area contributed by atoms with Crippen molar-refractivity contribution in [3.63, 3.8) is 0 Å². The molecule has 0 saturated carbocycles. The molecule has 0 aromatic heterocycles. The van der Waals surface area contributed by atoms with Gasteiger partial charge in [-0.2, -0.15) is 5.26 Å². The van der Waals surface area contributed by atoms with Crippen LogP contribution in [-0.4, -0.2) is 0 Å². The lowest BCUT2D eigenvalue weighted by molar-refractivity contribution is 1.27. The third-order valence-corrected chi connectivity index (χ3v) is 3.80. The van der Waals surface area contributed by atoms with E-state index in [1.807, 2.05) is 30.3 Å². The molecule has 2 aromatic rings. The van der Waals surface area contributed by atoms with E-state index in [9.17, 15) is 0 Å². The minimum Gasteiger partial charge on any atom is -0.398 e. The summed E-state index contributed by atoms with van der Waals surface area (Å²) in [5.74, 6) is 0. The number of nitrogens with zero attached hydrogens (tertiary/aromatic N) is 1. The Bertz CT molecular complexity index is 648. The summed E-state index contributed by atoms with van der Waals surface area (Å²) in [5, 5.41) is 12.1. The number of anilines is 3. The maximum atomic E-state index is 8.77. The Morgan fingerprint density at radius 3 is 2.68 bits per heavy atom. The Morgan fingerprint density at radius 2 is 1.95 bits per heavy atom. The van der Waals surface area contributed by atoms with Crippen molar-refractivity contribution in [2.45, 2.75) is 6.42 Å². The van der Waals surface area contributed by atoms with Crippen LogP contribution >= 0.6 is 31.9 Å². The van der Waals surface area contributed by atoms with Gasteiger partial charge in [-0.25, -0.2) is 0 Å². The molecule has 5 heteroatoms. The first-order valence-electron chi connectivity index (χ1n) is 5.57. The van der Waals surface area contributed by atoms with E-state index in [2.05, 4.69) is 43.2 Å². The first kappa shape index (κ1) is 13.9. The lowest BCUT2D eigenvalue weighted by Gasteiger charge is -2.11. The monoisotopic (exact) mass is 379 g/mol. The van der Waals surface area contributed by atoms with Gasteiger partial charge >= 0.3 is 0 Å². The molecule has 0 saturated heterocycles. The molecular formula is C14H11Br2N3. The van der Waals surface area contributed by atoms with Crippen LogP contribution in [0, 0.1) is 11.3 Å². The van der Waals surface area contributed by atoms with Crippen molar-refractivity contribution in [1.82, 2.24) is 0 Å². The van der Waals surface area contributed by atoms with Crippen LogP contribution in [0.15, 0.2) is 45.3 Å². The minimum atomic E-state index is 0.307. The fourth-order valence-corrected chi connectivity index (χ4v) is 2.38. The van der Waals surface area contributed by atoms with E-state index in [1.54, 1.807) is 6.07 Å². The lowest BCUT2D eigenvalue weighted by Crippen LogP contribution is -1.97. The fourth-order valence-electron chi connectivity index (χ4n) is 1.67. The van der Waals surface area contributed by atoms with Crippen molar-refractivity contribution in [1.29, 1.82) is 5.26 Å². The van der Waals surface area contributed by atoms with Gasteiger partial charge in [0, 0.05) is 20.3 Å². The van der Waals surface area contributed by atoms with E-state index < -0.39 is 0 Å². The predicted octanol–water partition coefficient (Wildman–Crippen LogP) is 4.60. The van der Waals surface area contributed by atoms with Crippen molar-refractivity contribution >= 4 is 48.9 Å². The zero-order valence-electron chi connectivity index (χ0n) is 9.95. The van der Waals surface area contributed by atoms with Crippen LogP contribution in [0.25, 0.3) is 0 Å². The number of nitrogens with one attached hydrogen (secondary N) is 1. The Balaban J connectivity index is 2.31. The van der Waals surface area contributed by atoms with Gasteiger partial charge in [-0.15, -0.1) is 0 Å². The lowest BCUT2D eigenvalue weighted by atomic mass is 10.1. The molecule has 3 N–H and O–H groups in total. The molecule has 2 aromatic carbocycles. The van der Waals surface area contributed by atoms with E-state index in [-0.39, 0.29) is 0 Å². The third-order valence-electron chi connectivity index (χ3n) is 2.62. The van der Waals surface area contributed by atoms with Crippen molar-refractivity contribution in [3.8, 4) is 6.07 Å². The number of hydrogen-bond acceptors (Lipinski definition) is 3. The first-order valence-corrected chi connectivity index (χ1v) is 7.16. The summed E-state index contributed by atoms with van der Waals surface area (Å²) in [4.78, 5) is 0. The summed E-state index contributed by atoms with van der Waals surface area (Å²) in [5.41, 5.74) is 9.15. The standard InChI is InChI=1S/C14H11Br2N3/c15-10-1-3-12(16)14(8-10)19-11-2-4-13(18)9(7-11)5-6-17/h1-4,7-8,19H,5,18H2. The molecule has 19 heavy (non-hydrogen) atoms. The van der Waals surface area contributed by atoms with E-state index >= 15 is 0 Å². The summed E-state index contributed by atoms with van der Waals surface area (Å²) < 4.78 is 1.96. The van der Waals surface area contributed by atoms with Crippen molar-refractivity contribution in [3.05, 3.63) is 50.9 Å². The average Bonchev–Trinajstić information content (AvgIpc) is 2.38. The van der Waals surface area contributed by atoms with E-state index in [0.29, 0.717) is 12.1 Å². The quantitative estimate of drug-likeness (QED) is 0.764. The first-order chi connectivity index (χ1) is 9.10. The SMILES string of the molecule is N#CCc1cc(Nc2cc(Br)ccc2Br)ccc1N. The van der Waals surface area contributed by atoms with Crippen LogP contribution < -0.4 is 11.1 Å². The summed E-state index contributed by atoms with van der Waals surface area (Å²) in [7, 11) is 0. The molecule has 0 fully saturated rings. The number of benzene rings is 2. The molecule has 0 atom stereocenters. The van der Waals surface area contributed by atoms with Crippen molar-refractivity contribution < 1.29 is 0 Å². The molecule has 0 amide bonds. The van der Waals surface area contributed by atoms with Gasteiger partial charge in [-0.1, -0.05) is 15.9 Å². The Hall–Kier alpha value is -1.51. The zero-order chi connectivity index (χ0) is 13.8. The highest BCUT2D eigenvalue weighted by Gasteiger charge is 2.04. The van der Waals surface area contributed by atoms with Crippen LogP contribution in [0.2, 0.25) is 0 Å². The van der Waals surface area contributed by atoms with Gasteiger partial charge in [0.1, 0.15) is 0 Å². The molecule has 0 spiro atoms. The number of hydrogen-bond donors (Lipinski definition) is 2. The molecule has 0 heterocycles. The maximum Gasteiger partial charge on any atom is 0.0670 e. The molecule has 96 valence electrons. The molecular weight excluding hydrogens is 370 g/mol. The van der Waals surface area contributed by atoms with Crippen molar-refractivity contribution in [2.75, 3.05) is 11.1 Å². The summed E-state index contributed by atoms with van der Waals surface area (Å²) >= 11 is 6.93. The number of halogens is 2. The van der Waals surface area contributed by atoms with E-state index in [4.69, 9.17) is 11.0 Å². The molecule has 0 radical (unpaired) electrons. The summed E-state index contributed by atoms with van der Waals surface area (Å²) in [6.45, 7) is 0. The van der Waals surface area contributed by atoms with Gasteiger partial charge in [0.05, 0.1) is 18.2 Å². The van der Waals surface area contributed by atoms with Crippen LogP contribution in [0.1, 0.15) is 5.56 Å². The van der Waals surface area contributed by atoms with Gasteiger partial charge in [-0.05, 0) is 57.9 Å². The Morgan fingerprint density at radius 1 is 1.16 bits per heavy atom. The van der Waals surface area contributed by atoms with Gasteiger partial charge < -0.3 is 11.1 Å². The molecule has 0 aliphatic rings. The highest BCUT2D eigenvalue weighted by molar-refractivity contribution is 9.11. The third kappa shape index (κ3) is 3.49. The average molecular weight is 381 g/mol. The number of nitriles is 1. The molecule has 3 nitrogen and oxygen atoms in total. The Labute approximate surface area is 128 Å². The highest BCUT2D eigenvalue weighted by atomic mass is 79.9. The molecule has 0 bridgehead atoms. The molecule has 0 unspecified atom stereocenters. The molecule has 2 rings (SSSR count). The van der Waals surface area contributed by atoms with Crippen LogP contribution in [0.4, 0.5) is 17.1 Å². The predicted molar refractivity (Wildman–Crippen MR) is 85.3 cm³/mol.